The van der Waals surface area contributed by atoms with Crippen LogP contribution in [0.2, 0.25) is 0 Å². The molecule has 0 bridgehead atoms. The molecule has 1 heterocycles. The Hall–Kier alpha value is -2.94. The highest BCUT2D eigenvalue weighted by atomic mass is 16.5. The van der Waals surface area contributed by atoms with Crippen molar-refractivity contribution in [1.82, 2.24) is 10.2 Å². The first-order chi connectivity index (χ1) is 13.3. The van der Waals surface area contributed by atoms with E-state index in [0.717, 1.165) is 44.0 Å². The van der Waals surface area contributed by atoms with Crippen LogP contribution in [0.4, 0.5) is 0 Å². The van der Waals surface area contributed by atoms with Crippen molar-refractivity contribution in [2.24, 2.45) is 0 Å². The first-order valence-electron chi connectivity index (χ1n) is 9.09. The van der Waals surface area contributed by atoms with E-state index < -0.39 is 0 Å². The van der Waals surface area contributed by atoms with Gasteiger partial charge in [0.2, 0.25) is 5.91 Å². The molecule has 27 heavy (non-hydrogen) atoms. The molecule has 1 atom stereocenters. The summed E-state index contributed by atoms with van der Waals surface area (Å²) in [7, 11) is 0. The number of ether oxygens (including phenoxy) is 1. The highest BCUT2D eigenvalue weighted by molar-refractivity contribution is 5.92. The number of nitrogens with one attached hydrogen (secondary N) is 1. The second-order valence-corrected chi connectivity index (χ2v) is 6.42. The monoisotopic (exact) mass is 361 g/mol. The lowest BCUT2D eigenvalue weighted by atomic mass is 10.1. The quantitative estimate of drug-likeness (QED) is 0.804. The van der Waals surface area contributed by atoms with E-state index in [9.17, 15) is 4.79 Å². The summed E-state index contributed by atoms with van der Waals surface area (Å²) in [6, 6.07) is 19.2. The number of morpholine rings is 1. The summed E-state index contributed by atoms with van der Waals surface area (Å²) >= 11 is 0. The maximum absolute atomic E-state index is 12.5. The van der Waals surface area contributed by atoms with Gasteiger partial charge in [0, 0.05) is 25.7 Å². The van der Waals surface area contributed by atoms with Crippen molar-refractivity contribution in [2.75, 3.05) is 32.8 Å². The number of hydrogen-bond donors (Lipinski definition) is 1. The van der Waals surface area contributed by atoms with Gasteiger partial charge in [-0.2, -0.15) is 5.26 Å². The zero-order valence-corrected chi connectivity index (χ0v) is 15.2. The van der Waals surface area contributed by atoms with E-state index in [2.05, 4.69) is 16.3 Å². The molecule has 1 aliphatic rings. The molecule has 1 aliphatic heterocycles. The van der Waals surface area contributed by atoms with Gasteiger partial charge in [-0.3, -0.25) is 9.69 Å². The average Bonchev–Trinajstić information content (AvgIpc) is 2.73. The third-order valence-electron chi connectivity index (χ3n) is 4.56. The molecule has 5 heteroatoms. The highest BCUT2D eigenvalue weighted by Crippen LogP contribution is 2.16. The number of carbonyl (C=O) groups excluding carboxylic acids is 1. The SMILES string of the molecule is N#Cc1ccccc1/C=C/C(=O)NC(CN1CCOCC1)c1ccccc1. The molecule has 0 saturated carbocycles. The summed E-state index contributed by atoms with van der Waals surface area (Å²) < 4.78 is 5.41. The predicted octanol–water partition coefficient (Wildman–Crippen LogP) is 2.76. The van der Waals surface area contributed by atoms with Crippen LogP contribution < -0.4 is 5.32 Å². The summed E-state index contributed by atoms with van der Waals surface area (Å²) in [5, 5.41) is 12.3. The van der Waals surface area contributed by atoms with Crippen molar-refractivity contribution >= 4 is 12.0 Å². The van der Waals surface area contributed by atoms with Crippen LogP contribution in [0.15, 0.2) is 60.7 Å². The molecule has 1 amide bonds. The van der Waals surface area contributed by atoms with Gasteiger partial charge in [-0.25, -0.2) is 0 Å². The van der Waals surface area contributed by atoms with Crippen molar-refractivity contribution in [2.45, 2.75) is 6.04 Å². The van der Waals surface area contributed by atoms with E-state index >= 15 is 0 Å². The number of nitrogens with zero attached hydrogens (tertiary/aromatic N) is 2. The van der Waals surface area contributed by atoms with Gasteiger partial charge >= 0.3 is 0 Å². The van der Waals surface area contributed by atoms with Gasteiger partial charge in [-0.15, -0.1) is 0 Å². The Morgan fingerprint density at radius 1 is 1.15 bits per heavy atom. The van der Waals surface area contributed by atoms with Crippen LogP contribution in [0.1, 0.15) is 22.7 Å². The number of amides is 1. The first-order valence-corrected chi connectivity index (χ1v) is 9.09. The standard InChI is InChI=1S/C22H23N3O2/c23-16-20-9-5-4-6-18(20)10-11-22(26)24-21(19-7-2-1-3-8-19)17-25-12-14-27-15-13-25/h1-11,21H,12-15,17H2,(H,24,26)/b11-10+. The minimum absolute atomic E-state index is 0.104. The molecule has 2 aromatic carbocycles. The smallest absolute Gasteiger partial charge is 0.244 e. The molecule has 2 aromatic rings. The first kappa shape index (κ1) is 18.8. The minimum Gasteiger partial charge on any atom is -0.379 e. The molecular formula is C22H23N3O2. The Kier molecular flexibility index (Phi) is 6.75. The van der Waals surface area contributed by atoms with Crippen molar-refractivity contribution < 1.29 is 9.53 Å². The maximum Gasteiger partial charge on any atom is 0.244 e. The van der Waals surface area contributed by atoms with Gasteiger partial charge < -0.3 is 10.1 Å². The summed E-state index contributed by atoms with van der Waals surface area (Å²) in [4.78, 5) is 14.8. The minimum atomic E-state index is -0.176. The molecule has 0 spiro atoms. The molecule has 3 rings (SSSR count). The summed E-state index contributed by atoms with van der Waals surface area (Å²) in [5.74, 6) is -0.176. The van der Waals surface area contributed by atoms with E-state index in [4.69, 9.17) is 10.00 Å². The molecular weight excluding hydrogens is 338 g/mol. The van der Waals surface area contributed by atoms with Gasteiger partial charge in [-0.05, 0) is 23.3 Å². The van der Waals surface area contributed by atoms with Crippen LogP contribution in [0.5, 0.6) is 0 Å². The third kappa shape index (κ3) is 5.52. The Morgan fingerprint density at radius 2 is 1.85 bits per heavy atom. The van der Waals surface area contributed by atoms with Crippen LogP contribution in [-0.2, 0) is 9.53 Å². The molecule has 1 N–H and O–H groups in total. The zero-order chi connectivity index (χ0) is 18.9. The number of carbonyl (C=O) groups is 1. The summed E-state index contributed by atoms with van der Waals surface area (Å²) in [6.45, 7) is 3.91. The van der Waals surface area contributed by atoms with Crippen molar-refractivity contribution in [3.63, 3.8) is 0 Å². The Bertz CT molecular complexity index is 821. The van der Waals surface area contributed by atoms with E-state index in [1.807, 2.05) is 48.5 Å². The van der Waals surface area contributed by atoms with Crippen molar-refractivity contribution in [3.8, 4) is 6.07 Å². The van der Waals surface area contributed by atoms with Gasteiger partial charge in [0.25, 0.3) is 0 Å². The van der Waals surface area contributed by atoms with Gasteiger partial charge in [0.05, 0.1) is 30.9 Å². The molecule has 5 nitrogen and oxygen atoms in total. The Balaban J connectivity index is 1.70. The van der Waals surface area contributed by atoms with Crippen LogP contribution in [-0.4, -0.2) is 43.7 Å². The van der Waals surface area contributed by atoms with Gasteiger partial charge in [-0.1, -0.05) is 48.5 Å². The van der Waals surface area contributed by atoms with E-state index in [1.165, 1.54) is 6.08 Å². The number of benzene rings is 2. The van der Waals surface area contributed by atoms with E-state index in [0.29, 0.717) is 5.56 Å². The van der Waals surface area contributed by atoms with Gasteiger partial charge in [0.1, 0.15) is 0 Å². The number of nitriles is 1. The van der Waals surface area contributed by atoms with Crippen LogP contribution in [0, 0.1) is 11.3 Å². The fourth-order valence-corrected chi connectivity index (χ4v) is 3.09. The van der Waals surface area contributed by atoms with Gasteiger partial charge in [0.15, 0.2) is 0 Å². The third-order valence-corrected chi connectivity index (χ3v) is 4.56. The average molecular weight is 361 g/mol. The molecule has 1 saturated heterocycles. The van der Waals surface area contributed by atoms with Crippen LogP contribution in [0.25, 0.3) is 6.08 Å². The molecule has 1 fully saturated rings. The topological polar surface area (TPSA) is 65.4 Å². The summed E-state index contributed by atoms with van der Waals surface area (Å²) in [6.07, 6.45) is 3.18. The zero-order valence-electron chi connectivity index (χ0n) is 15.2. The lowest BCUT2D eigenvalue weighted by Gasteiger charge is -2.31. The maximum atomic E-state index is 12.5. The Labute approximate surface area is 159 Å². The second-order valence-electron chi connectivity index (χ2n) is 6.42. The van der Waals surface area contributed by atoms with E-state index in [1.54, 1.807) is 12.1 Å². The lowest BCUT2D eigenvalue weighted by molar-refractivity contribution is -0.117. The molecule has 0 radical (unpaired) electrons. The molecule has 1 unspecified atom stereocenters. The number of rotatable bonds is 6. The van der Waals surface area contributed by atoms with Crippen LogP contribution >= 0.6 is 0 Å². The fourth-order valence-electron chi connectivity index (χ4n) is 3.09. The molecule has 0 aliphatic carbocycles. The fraction of sp³-hybridized carbons (Fsp3) is 0.273. The number of hydrogen-bond acceptors (Lipinski definition) is 4. The highest BCUT2D eigenvalue weighted by Gasteiger charge is 2.19. The normalized spacial score (nSPS) is 16.0. The molecule has 138 valence electrons. The van der Waals surface area contributed by atoms with Crippen LogP contribution in [0.3, 0.4) is 0 Å². The Morgan fingerprint density at radius 3 is 2.59 bits per heavy atom. The van der Waals surface area contributed by atoms with Crippen molar-refractivity contribution in [3.05, 3.63) is 77.4 Å². The lowest BCUT2D eigenvalue weighted by Crippen LogP contribution is -2.42. The summed E-state index contributed by atoms with van der Waals surface area (Å²) in [5.41, 5.74) is 2.36. The second kappa shape index (κ2) is 9.67. The largest absolute Gasteiger partial charge is 0.379 e. The molecule has 0 aromatic heterocycles. The van der Waals surface area contributed by atoms with E-state index in [-0.39, 0.29) is 11.9 Å². The predicted molar refractivity (Wildman–Crippen MR) is 105 cm³/mol. The van der Waals surface area contributed by atoms with Crippen molar-refractivity contribution in [1.29, 1.82) is 5.26 Å².